The maximum atomic E-state index is 11.7. The normalized spacial score (nSPS) is 14.0. The van der Waals surface area contributed by atoms with Gasteiger partial charge in [0.05, 0.1) is 12.2 Å². The average Bonchev–Trinajstić information content (AvgIpc) is 2.69. The monoisotopic (exact) mass is 373 g/mol. The van der Waals surface area contributed by atoms with Crippen molar-refractivity contribution in [3.63, 3.8) is 0 Å². The van der Waals surface area contributed by atoms with Gasteiger partial charge in [-0.15, -0.1) is 0 Å². The first-order chi connectivity index (χ1) is 13.4. The summed E-state index contributed by atoms with van der Waals surface area (Å²) in [4.78, 5) is 22.6. The SMILES string of the molecule is CCOC(=O)c1ccc(C#Cc2ccc3c(c2)C(C)(C)CC=C3NC=O)cc1. The summed E-state index contributed by atoms with van der Waals surface area (Å²) in [6, 6.07) is 13.1. The Hall–Kier alpha value is -3.32. The number of nitrogens with one attached hydrogen (secondary N) is 1. The minimum Gasteiger partial charge on any atom is -0.462 e. The van der Waals surface area contributed by atoms with Crippen LogP contribution in [0.1, 0.15) is 59.8 Å². The summed E-state index contributed by atoms with van der Waals surface area (Å²) >= 11 is 0. The van der Waals surface area contributed by atoms with E-state index in [0.29, 0.717) is 18.6 Å². The van der Waals surface area contributed by atoms with Crippen molar-refractivity contribution in [3.05, 3.63) is 76.4 Å². The number of hydrogen-bond acceptors (Lipinski definition) is 3. The number of fused-ring (bicyclic) bond motifs is 1. The smallest absolute Gasteiger partial charge is 0.338 e. The van der Waals surface area contributed by atoms with Gasteiger partial charge in [0.1, 0.15) is 0 Å². The van der Waals surface area contributed by atoms with Crippen molar-refractivity contribution in [3.8, 4) is 11.8 Å². The minimum absolute atomic E-state index is 0.0254. The fourth-order valence-corrected chi connectivity index (χ4v) is 3.24. The zero-order valence-electron chi connectivity index (χ0n) is 16.3. The molecule has 0 spiro atoms. The highest BCUT2D eigenvalue weighted by Crippen LogP contribution is 2.38. The van der Waals surface area contributed by atoms with E-state index in [9.17, 15) is 9.59 Å². The third-order valence-corrected chi connectivity index (χ3v) is 4.82. The van der Waals surface area contributed by atoms with Crippen LogP contribution in [0.25, 0.3) is 5.70 Å². The van der Waals surface area contributed by atoms with Crippen LogP contribution in [-0.4, -0.2) is 19.0 Å². The van der Waals surface area contributed by atoms with Gasteiger partial charge >= 0.3 is 5.97 Å². The van der Waals surface area contributed by atoms with Crippen molar-refractivity contribution < 1.29 is 14.3 Å². The van der Waals surface area contributed by atoms with Crippen LogP contribution in [0.3, 0.4) is 0 Å². The van der Waals surface area contributed by atoms with E-state index in [1.165, 1.54) is 5.56 Å². The number of benzene rings is 2. The Balaban J connectivity index is 1.86. The Morgan fingerprint density at radius 1 is 1.14 bits per heavy atom. The molecular weight excluding hydrogens is 350 g/mol. The van der Waals surface area contributed by atoms with Gasteiger partial charge in [-0.05, 0) is 60.7 Å². The summed E-state index contributed by atoms with van der Waals surface area (Å²) in [6.45, 7) is 6.51. The van der Waals surface area contributed by atoms with Gasteiger partial charge in [0, 0.05) is 22.4 Å². The van der Waals surface area contributed by atoms with Gasteiger partial charge in [0.25, 0.3) is 0 Å². The molecule has 2 aromatic carbocycles. The summed E-state index contributed by atoms with van der Waals surface area (Å²) in [6.07, 6.45) is 3.62. The number of esters is 1. The third-order valence-electron chi connectivity index (χ3n) is 4.82. The molecule has 28 heavy (non-hydrogen) atoms. The van der Waals surface area contributed by atoms with Gasteiger partial charge in [-0.3, -0.25) is 4.79 Å². The molecule has 0 unspecified atom stereocenters. The summed E-state index contributed by atoms with van der Waals surface area (Å²) < 4.78 is 4.99. The van der Waals surface area contributed by atoms with E-state index in [4.69, 9.17) is 4.74 Å². The van der Waals surface area contributed by atoms with Crippen LogP contribution < -0.4 is 5.32 Å². The van der Waals surface area contributed by atoms with E-state index in [1.54, 1.807) is 19.1 Å². The number of amides is 1. The second-order valence-electron chi connectivity index (χ2n) is 7.28. The van der Waals surface area contributed by atoms with Crippen LogP contribution in [0.4, 0.5) is 0 Å². The van der Waals surface area contributed by atoms with Gasteiger partial charge in [-0.2, -0.15) is 0 Å². The molecular formula is C24H23NO3. The molecule has 0 bridgehead atoms. The average molecular weight is 373 g/mol. The Kier molecular flexibility index (Phi) is 5.65. The zero-order valence-corrected chi connectivity index (χ0v) is 16.3. The number of allylic oxidation sites excluding steroid dienone is 1. The van der Waals surface area contributed by atoms with E-state index in [-0.39, 0.29) is 11.4 Å². The summed E-state index contributed by atoms with van der Waals surface area (Å²) in [7, 11) is 0. The third kappa shape index (κ3) is 4.15. The Labute approximate surface area is 165 Å². The molecule has 0 fully saturated rings. The molecule has 142 valence electrons. The highest BCUT2D eigenvalue weighted by Gasteiger charge is 2.28. The second kappa shape index (κ2) is 8.14. The maximum Gasteiger partial charge on any atom is 0.338 e. The van der Waals surface area contributed by atoms with Crippen LogP contribution in [0.5, 0.6) is 0 Å². The van der Waals surface area contributed by atoms with E-state index in [2.05, 4.69) is 43.1 Å². The Bertz CT molecular complexity index is 989. The standard InChI is InChI=1S/C24H23NO3/c1-4-28-23(27)19-10-7-17(8-11-19)5-6-18-9-12-20-21(15-18)24(2,3)14-13-22(20)25-16-26/h7-13,15-16H,4,14H2,1-3H3,(H,25,26). The lowest BCUT2D eigenvalue weighted by atomic mass is 9.74. The number of carbonyl (C=O) groups excluding carboxylic acids is 2. The van der Waals surface area contributed by atoms with Crippen LogP contribution in [0.15, 0.2) is 48.5 Å². The number of carbonyl (C=O) groups is 2. The van der Waals surface area contributed by atoms with Crippen molar-refractivity contribution in [1.82, 2.24) is 5.32 Å². The van der Waals surface area contributed by atoms with Crippen LogP contribution >= 0.6 is 0 Å². The molecule has 4 heteroatoms. The highest BCUT2D eigenvalue weighted by molar-refractivity contribution is 5.89. The highest BCUT2D eigenvalue weighted by atomic mass is 16.5. The summed E-state index contributed by atoms with van der Waals surface area (Å²) in [5, 5.41) is 2.79. The molecule has 0 saturated carbocycles. The van der Waals surface area contributed by atoms with Crippen LogP contribution in [0.2, 0.25) is 0 Å². The maximum absolute atomic E-state index is 11.7. The Morgan fingerprint density at radius 3 is 2.50 bits per heavy atom. The molecule has 1 aliphatic carbocycles. The molecule has 0 aromatic heterocycles. The first-order valence-electron chi connectivity index (χ1n) is 9.29. The molecule has 0 saturated heterocycles. The second-order valence-corrected chi connectivity index (χ2v) is 7.28. The molecule has 4 nitrogen and oxygen atoms in total. The summed E-state index contributed by atoms with van der Waals surface area (Å²) in [5.41, 5.74) is 5.28. The molecule has 1 amide bonds. The predicted molar refractivity (Wildman–Crippen MR) is 110 cm³/mol. The molecule has 0 heterocycles. The molecule has 3 rings (SSSR count). The van der Waals surface area contributed by atoms with Crippen molar-refractivity contribution >= 4 is 18.1 Å². The lowest BCUT2D eigenvalue weighted by Gasteiger charge is -2.31. The quantitative estimate of drug-likeness (QED) is 0.500. The lowest BCUT2D eigenvalue weighted by molar-refractivity contribution is -0.108. The Morgan fingerprint density at radius 2 is 1.82 bits per heavy atom. The van der Waals surface area contributed by atoms with Crippen LogP contribution in [-0.2, 0) is 14.9 Å². The molecule has 0 radical (unpaired) electrons. The van der Waals surface area contributed by atoms with Crippen molar-refractivity contribution in [1.29, 1.82) is 0 Å². The predicted octanol–water partition coefficient (Wildman–Crippen LogP) is 4.03. The lowest BCUT2D eigenvalue weighted by Crippen LogP contribution is -2.25. The first kappa shape index (κ1) is 19.4. The van der Waals surface area contributed by atoms with E-state index >= 15 is 0 Å². The van der Waals surface area contributed by atoms with E-state index < -0.39 is 0 Å². The number of ether oxygens (including phenoxy) is 1. The van der Waals surface area contributed by atoms with Gasteiger partial charge < -0.3 is 10.1 Å². The van der Waals surface area contributed by atoms with Crippen LogP contribution in [0, 0.1) is 11.8 Å². The van der Waals surface area contributed by atoms with Crippen molar-refractivity contribution in [2.24, 2.45) is 0 Å². The number of rotatable bonds is 4. The van der Waals surface area contributed by atoms with Gasteiger partial charge in [0.2, 0.25) is 6.41 Å². The molecule has 2 aromatic rings. The van der Waals surface area contributed by atoms with Gasteiger partial charge in [-0.25, -0.2) is 4.79 Å². The summed E-state index contributed by atoms with van der Waals surface area (Å²) in [5.74, 6) is 6.01. The fraction of sp³-hybridized carbons (Fsp3) is 0.250. The van der Waals surface area contributed by atoms with Crippen molar-refractivity contribution in [2.75, 3.05) is 6.61 Å². The molecule has 0 aliphatic heterocycles. The van der Waals surface area contributed by atoms with E-state index in [1.807, 2.05) is 24.3 Å². The molecule has 0 atom stereocenters. The zero-order chi connectivity index (χ0) is 20.1. The van der Waals surface area contributed by atoms with E-state index in [0.717, 1.165) is 28.8 Å². The molecule has 1 N–H and O–H groups in total. The minimum atomic E-state index is -0.327. The fourth-order valence-electron chi connectivity index (χ4n) is 3.24. The topological polar surface area (TPSA) is 55.4 Å². The number of hydrogen-bond donors (Lipinski definition) is 1. The van der Waals surface area contributed by atoms with Crippen molar-refractivity contribution in [2.45, 2.75) is 32.6 Å². The first-order valence-corrected chi connectivity index (χ1v) is 9.29. The largest absolute Gasteiger partial charge is 0.462 e. The van der Waals surface area contributed by atoms with Gasteiger partial charge in [-0.1, -0.05) is 37.8 Å². The molecule has 1 aliphatic rings. The van der Waals surface area contributed by atoms with Gasteiger partial charge in [0.15, 0.2) is 0 Å².